The number of nitrogens with one attached hydrogen (secondary N) is 1. The first-order valence-electron chi connectivity index (χ1n) is 6.55. The SMILES string of the molecule is Cc1cnc(N[C@@H]2Cc3ccccc3[C@H]2N)nc1C. The summed E-state index contributed by atoms with van der Waals surface area (Å²) in [6, 6.07) is 8.50. The Morgan fingerprint density at radius 1 is 1.26 bits per heavy atom. The van der Waals surface area contributed by atoms with Crippen molar-refractivity contribution in [1.82, 2.24) is 9.97 Å². The monoisotopic (exact) mass is 254 g/mol. The minimum Gasteiger partial charge on any atom is -0.349 e. The number of hydrogen-bond donors (Lipinski definition) is 2. The van der Waals surface area contributed by atoms with E-state index in [1.54, 1.807) is 0 Å². The number of rotatable bonds is 2. The average Bonchev–Trinajstić information content (AvgIpc) is 2.72. The largest absolute Gasteiger partial charge is 0.349 e. The van der Waals surface area contributed by atoms with E-state index in [1.165, 1.54) is 11.1 Å². The van der Waals surface area contributed by atoms with Gasteiger partial charge in [-0.05, 0) is 37.0 Å². The highest BCUT2D eigenvalue weighted by Gasteiger charge is 2.29. The summed E-state index contributed by atoms with van der Waals surface area (Å²) in [5.41, 5.74) is 10.9. The molecule has 0 unspecified atom stereocenters. The lowest BCUT2D eigenvalue weighted by Crippen LogP contribution is -2.30. The van der Waals surface area contributed by atoms with Crippen molar-refractivity contribution in [2.75, 3.05) is 5.32 Å². The summed E-state index contributed by atoms with van der Waals surface area (Å²) in [5, 5.41) is 3.36. The zero-order chi connectivity index (χ0) is 13.4. The van der Waals surface area contributed by atoms with Gasteiger partial charge >= 0.3 is 0 Å². The number of nitrogens with zero attached hydrogens (tertiary/aromatic N) is 2. The van der Waals surface area contributed by atoms with Crippen molar-refractivity contribution < 1.29 is 0 Å². The third-order valence-electron chi connectivity index (χ3n) is 3.83. The molecular weight excluding hydrogens is 236 g/mol. The fourth-order valence-corrected chi connectivity index (χ4v) is 2.53. The highest BCUT2D eigenvalue weighted by Crippen LogP contribution is 2.30. The van der Waals surface area contributed by atoms with Gasteiger partial charge in [0.15, 0.2) is 0 Å². The van der Waals surface area contributed by atoms with Gasteiger partial charge in [0.05, 0.1) is 12.1 Å². The van der Waals surface area contributed by atoms with E-state index in [4.69, 9.17) is 5.73 Å². The van der Waals surface area contributed by atoms with Crippen LogP contribution in [0, 0.1) is 13.8 Å². The van der Waals surface area contributed by atoms with E-state index < -0.39 is 0 Å². The standard InChI is InChI=1S/C15H18N4/c1-9-8-17-15(18-10(9)2)19-13-7-11-5-3-4-6-12(11)14(13)16/h3-6,8,13-14H,7,16H2,1-2H3,(H,17,18,19)/t13-,14-/m1/s1. The lowest BCUT2D eigenvalue weighted by molar-refractivity contribution is 0.624. The second-order valence-electron chi connectivity index (χ2n) is 5.14. The maximum Gasteiger partial charge on any atom is 0.223 e. The van der Waals surface area contributed by atoms with Crippen molar-refractivity contribution in [3.8, 4) is 0 Å². The molecular formula is C15H18N4. The van der Waals surface area contributed by atoms with Gasteiger partial charge in [0, 0.05) is 11.9 Å². The van der Waals surface area contributed by atoms with Crippen LogP contribution in [0.1, 0.15) is 28.4 Å². The highest BCUT2D eigenvalue weighted by molar-refractivity contribution is 5.41. The molecule has 2 atom stereocenters. The number of benzene rings is 1. The third kappa shape index (κ3) is 2.19. The maximum absolute atomic E-state index is 6.29. The Balaban J connectivity index is 1.80. The Hall–Kier alpha value is -1.94. The average molecular weight is 254 g/mol. The highest BCUT2D eigenvalue weighted by atomic mass is 15.1. The van der Waals surface area contributed by atoms with E-state index in [9.17, 15) is 0 Å². The van der Waals surface area contributed by atoms with Crippen LogP contribution in [0.3, 0.4) is 0 Å². The molecule has 0 bridgehead atoms. The molecule has 0 amide bonds. The molecule has 3 rings (SSSR count). The number of nitrogens with two attached hydrogens (primary N) is 1. The van der Waals surface area contributed by atoms with Gasteiger partial charge in [0.2, 0.25) is 5.95 Å². The Morgan fingerprint density at radius 2 is 2.05 bits per heavy atom. The van der Waals surface area contributed by atoms with Crippen LogP contribution >= 0.6 is 0 Å². The van der Waals surface area contributed by atoms with Crippen molar-refractivity contribution >= 4 is 5.95 Å². The van der Waals surface area contributed by atoms with Gasteiger partial charge in [-0.15, -0.1) is 0 Å². The predicted octanol–water partition coefficient (Wildman–Crippen LogP) is 2.13. The van der Waals surface area contributed by atoms with Gasteiger partial charge in [-0.1, -0.05) is 24.3 Å². The van der Waals surface area contributed by atoms with Gasteiger partial charge in [-0.25, -0.2) is 9.97 Å². The first kappa shape index (κ1) is 12.1. The second-order valence-corrected chi connectivity index (χ2v) is 5.14. The molecule has 0 saturated heterocycles. The fourth-order valence-electron chi connectivity index (χ4n) is 2.53. The van der Waals surface area contributed by atoms with Crippen LogP contribution in [0.15, 0.2) is 30.5 Å². The van der Waals surface area contributed by atoms with Crippen LogP contribution in [0.5, 0.6) is 0 Å². The van der Waals surface area contributed by atoms with E-state index in [2.05, 4.69) is 33.5 Å². The lowest BCUT2D eigenvalue weighted by Gasteiger charge is -2.18. The molecule has 2 aromatic rings. The summed E-state index contributed by atoms with van der Waals surface area (Å²) < 4.78 is 0. The van der Waals surface area contributed by atoms with Crippen LogP contribution < -0.4 is 11.1 Å². The minimum atomic E-state index is 0.00130. The summed E-state index contributed by atoms with van der Waals surface area (Å²) in [6.45, 7) is 4.00. The normalized spacial score (nSPS) is 21.2. The molecule has 3 N–H and O–H groups in total. The fraction of sp³-hybridized carbons (Fsp3) is 0.333. The summed E-state index contributed by atoms with van der Waals surface area (Å²) in [4.78, 5) is 8.78. The van der Waals surface area contributed by atoms with Crippen LogP contribution in [-0.4, -0.2) is 16.0 Å². The summed E-state index contributed by atoms with van der Waals surface area (Å²) >= 11 is 0. The van der Waals surface area contributed by atoms with E-state index in [0.717, 1.165) is 17.7 Å². The van der Waals surface area contributed by atoms with E-state index in [-0.39, 0.29) is 12.1 Å². The van der Waals surface area contributed by atoms with E-state index >= 15 is 0 Å². The van der Waals surface area contributed by atoms with E-state index in [1.807, 2.05) is 26.1 Å². The van der Waals surface area contributed by atoms with E-state index in [0.29, 0.717) is 5.95 Å². The molecule has 0 radical (unpaired) electrons. The quantitative estimate of drug-likeness (QED) is 0.861. The molecule has 1 aliphatic rings. The van der Waals surface area contributed by atoms with Crippen LogP contribution in [0.2, 0.25) is 0 Å². The Labute approximate surface area is 113 Å². The van der Waals surface area contributed by atoms with Gasteiger partial charge in [0.25, 0.3) is 0 Å². The number of aromatic nitrogens is 2. The van der Waals surface area contributed by atoms with Crippen LogP contribution in [0.4, 0.5) is 5.95 Å². The van der Waals surface area contributed by atoms with Gasteiger partial charge < -0.3 is 11.1 Å². The smallest absolute Gasteiger partial charge is 0.223 e. The van der Waals surface area contributed by atoms with Crippen molar-refractivity contribution in [3.05, 3.63) is 52.8 Å². The number of hydrogen-bond acceptors (Lipinski definition) is 4. The Kier molecular flexibility index (Phi) is 2.95. The zero-order valence-electron chi connectivity index (χ0n) is 11.2. The van der Waals surface area contributed by atoms with Crippen molar-refractivity contribution in [2.24, 2.45) is 5.73 Å². The van der Waals surface area contributed by atoms with Crippen LogP contribution in [-0.2, 0) is 6.42 Å². The molecule has 0 fully saturated rings. The number of anilines is 1. The molecule has 1 aliphatic carbocycles. The number of aryl methyl sites for hydroxylation is 2. The molecule has 19 heavy (non-hydrogen) atoms. The van der Waals surface area contributed by atoms with Crippen molar-refractivity contribution in [3.63, 3.8) is 0 Å². The predicted molar refractivity (Wildman–Crippen MR) is 76.0 cm³/mol. The summed E-state index contributed by atoms with van der Waals surface area (Å²) in [6.07, 6.45) is 2.77. The maximum atomic E-state index is 6.29. The molecule has 4 heteroatoms. The third-order valence-corrected chi connectivity index (χ3v) is 3.83. The molecule has 4 nitrogen and oxygen atoms in total. The number of fused-ring (bicyclic) bond motifs is 1. The summed E-state index contributed by atoms with van der Waals surface area (Å²) in [5.74, 6) is 0.663. The van der Waals surface area contributed by atoms with Gasteiger partial charge in [-0.3, -0.25) is 0 Å². The molecule has 0 spiro atoms. The molecule has 0 saturated carbocycles. The van der Waals surface area contributed by atoms with Gasteiger partial charge in [-0.2, -0.15) is 0 Å². The van der Waals surface area contributed by atoms with Gasteiger partial charge in [0.1, 0.15) is 0 Å². The lowest BCUT2D eigenvalue weighted by atomic mass is 10.1. The van der Waals surface area contributed by atoms with Crippen LogP contribution in [0.25, 0.3) is 0 Å². The first-order chi connectivity index (χ1) is 9.15. The molecule has 98 valence electrons. The van der Waals surface area contributed by atoms with Crippen molar-refractivity contribution in [2.45, 2.75) is 32.4 Å². The minimum absolute atomic E-state index is 0.00130. The second kappa shape index (κ2) is 4.63. The first-order valence-corrected chi connectivity index (χ1v) is 6.55. The topological polar surface area (TPSA) is 63.8 Å². The molecule has 0 aliphatic heterocycles. The molecule has 1 heterocycles. The van der Waals surface area contributed by atoms with Crippen molar-refractivity contribution in [1.29, 1.82) is 0 Å². The zero-order valence-corrected chi connectivity index (χ0v) is 11.2. The molecule has 1 aromatic carbocycles. The molecule has 1 aromatic heterocycles. The Morgan fingerprint density at radius 3 is 2.79 bits per heavy atom. The summed E-state index contributed by atoms with van der Waals surface area (Å²) in [7, 11) is 0. The Bertz CT molecular complexity index is 609.